The summed E-state index contributed by atoms with van der Waals surface area (Å²) < 4.78 is 0. The van der Waals surface area contributed by atoms with Gasteiger partial charge in [0.2, 0.25) is 0 Å². The van der Waals surface area contributed by atoms with Crippen molar-refractivity contribution < 1.29 is 10.2 Å². The first-order chi connectivity index (χ1) is 30.6. The first kappa shape index (κ1) is 41.3. The summed E-state index contributed by atoms with van der Waals surface area (Å²) >= 11 is 0. The van der Waals surface area contributed by atoms with Gasteiger partial charge in [0.15, 0.2) is 0 Å². The predicted molar refractivity (Wildman–Crippen MR) is 248 cm³/mol. The summed E-state index contributed by atoms with van der Waals surface area (Å²) in [4.78, 5) is 32.2. The molecule has 0 saturated carbocycles. The number of rotatable bonds is 18. The monoisotopic (exact) mass is 816 g/mol. The highest BCUT2D eigenvalue weighted by molar-refractivity contribution is 6.07. The number of hydrogen-bond donors (Lipinski definition) is 2. The third kappa shape index (κ3) is 11.0. The quantitative estimate of drug-likeness (QED) is 0.0822. The van der Waals surface area contributed by atoms with Crippen molar-refractivity contribution in [3.8, 4) is 33.8 Å². The van der Waals surface area contributed by atoms with Gasteiger partial charge in [0.1, 0.15) is 11.5 Å². The molecule has 0 aliphatic heterocycles. The van der Waals surface area contributed by atoms with E-state index in [1.54, 1.807) is 24.6 Å². The highest BCUT2D eigenvalue weighted by atomic mass is 16.3. The maximum atomic E-state index is 11.0. The fourth-order valence-electron chi connectivity index (χ4n) is 7.51. The molecule has 4 aromatic carbocycles. The van der Waals surface area contributed by atoms with Crippen molar-refractivity contribution in [3.63, 3.8) is 0 Å². The third-order valence-electron chi connectivity index (χ3n) is 10.6. The molecule has 2 N–H and O–H groups in total. The van der Waals surface area contributed by atoms with Crippen LogP contribution in [-0.2, 0) is 26.2 Å². The van der Waals surface area contributed by atoms with Crippen molar-refractivity contribution in [3.05, 3.63) is 204 Å². The summed E-state index contributed by atoms with van der Waals surface area (Å²) in [5.41, 5.74) is 9.16. The molecule has 0 spiro atoms. The number of pyridine rings is 4. The average Bonchev–Trinajstić information content (AvgIpc) is 3.31. The summed E-state index contributed by atoms with van der Waals surface area (Å²) in [5, 5.41) is 24.1. The number of hydrogen-bond acceptors (Lipinski definition) is 10. The van der Waals surface area contributed by atoms with Crippen molar-refractivity contribution in [2.24, 2.45) is 9.98 Å². The Balaban J connectivity index is 0.996. The Labute approximate surface area is 362 Å². The zero-order valence-electron chi connectivity index (χ0n) is 34.4. The molecule has 0 aliphatic rings. The van der Waals surface area contributed by atoms with Crippen LogP contribution in [0, 0.1) is 0 Å². The van der Waals surface area contributed by atoms with Crippen molar-refractivity contribution in [1.29, 1.82) is 0 Å². The fourth-order valence-corrected chi connectivity index (χ4v) is 7.51. The minimum atomic E-state index is 0.163. The molecule has 308 valence electrons. The number of fused-ring (bicyclic) bond motifs is 1. The van der Waals surface area contributed by atoms with Crippen LogP contribution in [-0.4, -0.2) is 78.6 Å². The summed E-state index contributed by atoms with van der Waals surface area (Å²) in [6, 6.07) is 47.7. The first-order valence-electron chi connectivity index (χ1n) is 20.8. The van der Waals surface area contributed by atoms with E-state index in [1.807, 2.05) is 122 Å². The van der Waals surface area contributed by atoms with E-state index < -0.39 is 0 Å². The van der Waals surface area contributed by atoms with Gasteiger partial charge in [0.05, 0.1) is 35.9 Å². The molecule has 0 bridgehead atoms. The lowest BCUT2D eigenvalue weighted by Gasteiger charge is -2.20. The molecule has 0 amide bonds. The van der Waals surface area contributed by atoms with Crippen LogP contribution < -0.4 is 0 Å². The van der Waals surface area contributed by atoms with E-state index in [4.69, 9.17) is 9.98 Å². The topological polar surface area (TPSA) is 123 Å². The van der Waals surface area contributed by atoms with Gasteiger partial charge >= 0.3 is 0 Å². The minimum absolute atomic E-state index is 0.163. The van der Waals surface area contributed by atoms with Gasteiger partial charge in [-0.15, -0.1) is 0 Å². The van der Waals surface area contributed by atoms with Crippen molar-refractivity contribution in [2.75, 3.05) is 26.2 Å². The predicted octanol–water partition coefficient (Wildman–Crippen LogP) is 9.41. The second kappa shape index (κ2) is 20.7. The smallest absolute Gasteiger partial charge is 0.124 e. The van der Waals surface area contributed by atoms with Crippen molar-refractivity contribution >= 4 is 23.2 Å². The number of aromatic nitrogens is 4. The molecule has 10 nitrogen and oxygen atoms in total. The van der Waals surface area contributed by atoms with E-state index in [0.29, 0.717) is 63.5 Å². The lowest BCUT2D eigenvalue weighted by atomic mass is 9.90. The molecule has 4 aromatic heterocycles. The van der Waals surface area contributed by atoms with Crippen LogP contribution in [0.1, 0.15) is 33.9 Å². The summed E-state index contributed by atoms with van der Waals surface area (Å²) in [6.45, 7) is 5.12. The van der Waals surface area contributed by atoms with E-state index in [2.05, 4.69) is 66.1 Å². The Hall–Kier alpha value is -7.40. The van der Waals surface area contributed by atoms with Crippen LogP contribution in [0.2, 0.25) is 0 Å². The second-order valence-electron chi connectivity index (χ2n) is 15.0. The van der Waals surface area contributed by atoms with Gasteiger partial charge in [-0.1, -0.05) is 72.8 Å². The van der Waals surface area contributed by atoms with Gasteiger partial charge in [0, 0.05) is 87.6 Å². The highest BCUT2D eigenvalue weighted by Crippen LogP contribution is 2.38. The zero-order chi connectivity index (χ0) is 42.4. The third-order valence-corrected chi connectivity index (χ3v) is 10.6. The van der Waals surface area contributed by atoms with E-state index in [0.717, 1.165) is 55.8 Å². The number of aliphatic imine (C=N–C) groups is 2. The largest absolute Gasteiger partial charge is 0.507 e. The first-order valence-corrected chi connectivity index (χ1v) is 20.8. The molecule has 10 heteroatoms. The van der Waals surface area contributed by atoms with E-state index >= 15 is 0 Å². The minimum Gasteiger partial charge on any atom is -0.507 e. The standard InChI is InChI=1S/C52H48N8O2/c61-50-21-19-40(31-42(50)33-53-27-29-59(35-44-13-1-5-23-55-44)36-45-14-2-6-24-56-45)48-17-9-11-39-12-10-18-49(52(39)48)41-20-22-51(62)43(32-41)34-54-28-30-60(37-46-15-3-7-25-57-46)38-47-16-4-8-26-58-47/h1-26,31-34,61-62H,27-30,35-38H2. The van der Waals surface area contributed by atoms with Crippen molar-refractivity contribution in [1.82, 2.24) is 29.7 Å². The van der Waals surface area contributed by atoms with Gasteiger partial charge < -0.3 is 10.2 Å². The van der Waals surface area contributed by atoms with Crippen LogP contribution in [0.4, 0.5) is 0 Å². The van der Waals surface area contributed by atoms with Gasteiger partial charge in [-0.05, 0) is 106 Å². The molecule has 8 aromatic rings. The number of nitrogens with zero attached hydrogens (tertiary/aromatic N) is 8. The molecule has 0 atom stereocenters. The molecule has 4 heterocycles. The lowest BCUT2D eigenvalue weighted by molar-refractivity contribution is 0.258. The summed E-state index contributed by atoms with van der Waals surface area (Å²) in [5.74, 6) is 0.326. The molecule has 0 unspecified atom stereocenters. The van der Waals surface area contributed by atoms with Crippen LogP contribution in [0.3, 0.4) is 0 Å². The van der Waals surface area contributed by atoms with E-state index in [9.17, 15) is 10.2 Å². The summed E-state index contributed by atoms with van der Waals surface area (Å²) in [7, 11) is 0. The van der Waals surface area contributed by atoms with Gasteiger partial charge in [-0.2, -0.15) is 0 Å². The number of phenols is 2. The maximum Gasteiger partial charge on any atom is 0.124 e. The SMILES string of the molecule is Oc1ccc(-c2cccc3cccc(-c4ccc(O)c(C=NCCN(Cc5ccccn5)Cc5ccccn5)c4)c23)cc1C=NCCN(Cc1ccccn1)Cc1ccccn1. The Morgan fingerprint density at radius 2 is 0.823 bits per heavy atom. The Kier molecular flexibility index (Phi) is 13.8. The Morgan fingerprint density at radius 1 is 0.435 bits per heavy atom. The molecule has 8 rings (SSSR count). The van der Waals surface area contributed by atoms with E-state index in [1.165, 1.54) is 0 Å². The lowest BCUT2D eigenvalue weighted by Crippen LogP contribution is -2.26. The van der Waals surface area contributed by atoms with Gasteiger partial charge in [-0.3, -0.25) is 39.7 Å². The molecule has 0 radical (unpaired) electrons. The normalized spacial score (nSPS) is 11.7. The highest BCUT2D eigenvalue weighted by Gasteiger charge is 2.14. The number of aromatic hydroxyl groups is 2. The Bertz CT molecular complexity index is 2460. The molecular weight excluding hydrogens is 769 g/mol. The van der Waals surface area contributed by atoms with Crippen LogP contribution in [0.15, 0.2) is 180 Å². The number of benzene rings is 4. The second-order valence-corrected chi connectivity index (χ2v) is 15.0. The van der Waals surface area contributed by atoms with Crippen LogP contribution in [0.5, 0.6) is 11.5 Å². The number of phenolic OH excluding ortho intramolecular Hbond substituents is 2. The van der Waals surface area contributed by atoms with E-state index in [-0.39, 0.29) is 11.5 Å². The van der Waals surface area contributed by atoms with Gasteiger partial charge in [-0.25, -0.2) is 0 Å². The maximum absolute atomic E-state index is 11.0. The molecule has 0 fully saturated rings. The summed E-state index contributed by atoms with van der Waals surface area (Å²) in [6.07, 6.45) is 10.8. The fraction of sp³-hybridized carbons (Fsp3) is 0.154. The Morgan fingerprint density at radius 3 is 1.18 bits per heavy atom. The van der Waals surface area contributed by atoms with Crippen LogP contribution in [0.25, 0.3) is 33.0 Å². The van der Waals surface area contributed by atoms with Crippen molar-refractivity contribution in [2.45, 2.75) is 26.2 Å². The van der Waals surface area contributed by atoms with Gasteiger partial charge in [0.25, 0.3) is 0 Å². The molecule has 0 saturated heterocycles. The molecule has 0 aliphatic carbocycles. The molecule has 62 heavy (non-hydrogen) atoms. The van der Waals surface area contributed by atoms with Crippen LogP contribution >= 0.6 is 0 Å². The average molecular weight is 817 g/mol. The zero-order valence-corrected chi connectivity index (χ0v) is 34.4. The molecular formula is C52H48N8O2.